The molecule has 4 aliphatic carbocycles. The summed E-state index contributed by atoms with van der Waals surface area (Å²) in [5.41, 5.74) is -1.52. The van der Waals surface area contributed by atoms with Gasteiger partial charge in [0, 0.05) is 41.5 Å². The largest absolute Gasteiger partial charge is 0.467 e. The number of allylic oxidation sites excluding steroid dienone is 4. The molecule has 1 aromatic heterocycles. The number of imidazole rings is 1. The van der Waals surface area contributed by atoms with Crippen LogP contribution in [-0.2, 0) is 39.9 Å². The van der Waals surface area contributed by atoms with Crippen molar-refractivity contribution in [2.75, 3.05) is 13.7 Å². The van der Waals surface area contributed by atoms with E-state index in [1.807, 2.05) is 13.0 Å². The number of hydrogen-bond donors (Lipinski definition) is 4. The zero-order valence-electron chi connectivity index (χ0n) is 25.3. The SMILES string of the molecule is COC(=O)[C@@H](Cc1cnc[nH]1)NC(=O)CCC(=O)OCC(=O)[C@]1(O)CC[C@H]2[C@@H]3CCC4=CC(=O)C=C[C@]4(C)[C@H]3[C@H](O)C[C@@]21C. The van der Waals surface area contributed by atoms with Crippen molar-refractivity contribution in [2.24, 2.45) is 28.6 Å². The average molecular weight is 612 g/mol. The Morgan fingerprint density at radius 3 is 2.68 bits per heavy atom. The van der Waals surface area contributed by atoms with Crippen LogP contribution in [0.1, 0.15) is 64.5 Å². The molecule has 3 fully saturated rings. The minimum atomic E-state index is -1.78. The summed E-state index contributed by atoms with van der Waals surface area (Å²) in [6.07, 6.45) is 9.31. The number of fused-ring (bicyclic) bond motifs is 5. The average Bonchev–Trinajstić information content (AvgIpc) is 3.60. The fraction of sp³-hybridized carbons (Fsp3) is 0.625. The predicted molar refractivity (Wildman–Crippen MR) is 154 cm³/mol. The third-order valence-electron chi connectivity index (χ3n) is 10.8. The molecule has 5 rings (SSSR count). The van der Waals surface area contributed by atoms with Crippen molar-refractivity contribution in [3.63, 3.8) is 0 Å². The topological polar surface area (TPSA) is 185 Å². The van der Waals surface area contributed by atoms with Gasteiger partial charge in [0.25, 0.3) is 0 Å². The minimum absolute atomic E-state index is 0.0295. The number of aromatic amines is 1. The highest BCUT2D eigenvalue weighted by Crippen LogP contribution is 2.67. The van der Waals surface area contributed by atoms with Crippen LogP contribution in [0.15, 0.2) is 36.3 Å². The van der Waals surface area contributed by atoms with Crippen LogP contribution in [0.4, 0.5) is 0 Å². The number of esters is 2. The van der Waals surface area contributed by atoms with Crippen molar-refractivity contribution in [1.82, 2.24) is 15.3 Å². The molecule has 8 atom stereocenters. The molecule has 1 heterocycles. The monoisotopic (exact) mass is 611 g/mol. The number of amides is 1. The first-order valence-electron chi connectivity index (χ1n) is 15.2. The Morgan fingerprint density at radius 1 is 1.20 bits per heavy atom. The Morgan fingerprint density at radius 2 is 1.98 bits per heavy atom. The lowest BCUT2D eigenvalue weighted by Crippen LogP contribution is -2.61. The zero-order chi connectivity index (χ0) is 31.9. The van der Waals surface area contributed by atoms with E-state index < -0.39 is 58.8 Å². The summed E-state index contributed by atoms with van der Waals surface area (Å²) in [6.45, 7) is 3.26. The van der Waals surface area contributed by atoms with Crippen LogP contribution in [0.3, 0.4) is 0 Å². The van der Waals surface area contributed by atoms with Crippen LogP contribution in [0.25, 0.3) is 0 Å². The molecule has 0 spiro atoms. The number of hydrogen-bond acceptors (Lipinski definition) is 10. The van der Waals surface area contributed by atoms with Gasteiger partial charge in [-0.25, -0.2) is 9.78 Å². The fourth-order valence-electron chi connectivity index (χ4n) is 8.56. The highest BCUT2D eigenvalue weighted by molar-refractivity contribution is 6.01. The van der Waals surface area contributed by atoms with Crippen LogP contribution in [0.5, 0.6) is 0 Å². The van der Waals surface area contributed by atoms with Gasteiger partial charge in [-0.05, 0) is 56.1 Å². The minimum Gasteiger partial charge on any atom is -0.467 e. The number of aliphatic hydroxyl groups excluding tert-OH is 1. The first-order chi connectivity index (χ1) is 20.8. The molecule has 44 heavy (non-hydrogen) atoms. The highest BCUT2D eigenvalue weighted by Gasteiger charge is 2.68. The molecule has 3 saturated carbocycles. The molecule has 0 aromatic carbocycles. The molecule has 4 aliphatic rings. The molecular weight excluding hydrogens is 570 g/mol. The zero-order valence-corrected chi connectivity index (χ0v) is 25.3. The number of Topliss-reactive ketones (excluding diaryl/α,β-unsaturated/α-hetero) is 1. The van der Waals surface area contributed by atoms with Gasteiger partial charge >= 0.3 is 11.9 Å². The Labute approximate surface area is 255 Å². The summed E-state index contributed by atoms with van der Waals surface area (Å²) >= 11 is 0. The Hall–Kier alpha value is -3.64. The van der Waals surface area contributed by atoms with Gasteiger partial charge < -0.3 is 30.0 Å². The number of ether oxygens (including phenoxy) is 2. The molecule has 0 unspecified atom stereocenters. The molecule has 12 nitrogen and oxygen atoms in total. The molecule has 0 bridgehead atoms. The van der Waals surface area contributed by atoms with Gasteiger partial charge in [0.2, 0.25) is 11.7 Å². The second kappa shape index (κ2) is 12.0. The van der Waals surface area contributed by atoms with E-state index in [1.165, 1.54) is 19.6 Å². The van der Waals surface area contributed by atoms with Crippen LogP contribution < -0.4 is 5.32 Å². The first kappa shape index (κ1) is 31.8. The van der Waals surface area contributed by atoms with E-state index in [2.05, 4.69) is 22.2 Å². The van der Waals surface area contributed by atoms with E-state index in [9.17, 15) is 34.2 Å². The van der Waals surface area contributed by atoms with Crippen LogP contribution >= 0.6 is 0 Å². The summed E-state index contributed by atoms with van der Waals surface area (Å²) in [7, 11) is 1.20. The van der Waals surface area contributed by atoms with Gasteiger partial charge in [0.05, 0.1) is 26.0 Å². The molecule has 238 valence electrons. The molecule has 4 N–H and O–H groups in total. The van der Waals surface area contributed by atoms with E-state index in [-0.39, 0.29) is 55.6 Å². The quantitative estimate of drug-likeness (QED) is 0.283. The van der Waals surface area contributed by atoms with Gasteiger partial charge in [-0.2, -0.15) is 0 Å². The number of rotatable bonds is 10. The lowest BCUT2D eigenvalue weighted by Gasteiger charge is -2.59. The molecular formula is C32H41N3O9. The number of carbonyl (C=O) groups excluding carboxylic acids is 5. The number of H-pyrrole nitrogens is 1. The molecule has 1 amide bonds. The van der Waals surface area contributed by atoms with E-state index in [1.54, 1.807) is 12.2 Å². The summed E-state index contributed by atoms with van der Waals surface area (Å²) in [5, 5.41) is 25.9. The van der Waals surface area contributed by atoms with E-state index in [0.717, 1.165) is 12.0 Å². The van der Waals surface area contributed by atoms with E-state index in [0.29, 0.717) is 18.5 Å². The van der Waals surface area contributed by atoms with Gasteiger partial charge in [-0.1, -0.05) is 25.5 Å². The van der Waals surface area contributed by atoms with Crippen molar-refractivity contribution in [1.29, 1.82) is 0 Å². The molecule has 0 radical (unpaired) electrons. The maximum Gasteiger partial charge on any atom is 0.328 e. The molecule has 0 aliphatic heterocycles. The van der Waals surface area contributed by atoms with Crippen molar-refractivity contribution in [2.45, 2.75) is 83.0 Å². The molecule has 1 aromatic rings. The van der Waals surface area contributed by atoms with E-state index >= 15 is 0 Å². The number of aliphatic hydroxyl groups is 2. The normalized spacial score (nSPS) is 34.6. The van der Waals surface area contributed by atoms with Crippen molar-refractivity contribution < 1.29 is 43.7 Å². The third-order valence-corrected chi connectivity index (χ3v) is 10.8. The fourth-order valence-corrected chi connectivity index (χ4v) is 8.56. The number of nitrogens with one attached hydrogen (secondary N) is 2. The molecule has 0 saturated heterocycles. The highest BCUT2D eigenvalue weighted by atomic mass is 16.5. The smallest absolute Gasteiger partial charge is 0.328 e. The van der Waals surface area contributed by atoms with Crippen LogP contribution in [-0.4, -0.2) is 81.1 Å². The Balaban J connectivity index is 1.17. The van der Waals surface area contributed by atoms with Crippen molar-refractivity contribution in [3.05, 3.63) is 42.0 Å². The number of ketones is 2. The maximum absolute atomic E-state index is 13.5. The number of aromatic nitrogens is 2. The Kier molecular flexibility index (Phi) is 8.69. The summed E-state index contributed by atoms with van der Waals surface area (Å²) in [4.78, 5) is 69.3. The predicted octanol–water partition coefficient (Wildman–Crippen LogP) is 1.51. The van der Waals surface area contributed by atoms with Gasteiger partial charge in [-0.15, -0.1) is 0 Å². The van der Waals surface area contributed by atoms with Crippen LogP contribution in [0.2, 0.25) is 0 Å². The molecule has 12 heteroatoms. The number of methoxy groups -OCH3 is 1. The maximum atomic E-state index is 13.5. The lowest BCUT2D eigenvalue weighted by molar-refractivity contribution is -0.181. The second-order valence-corrected chi connectivity index (χ2v) is 13.1. The van der Waals surface area contributed by atoms with Gasteiger partial charge in [0.15, 0.2) is 12.4 Å². The van der Waals surface area contributed by atoms with Gasteiger partial charge in [0.1, 0.15) is 11.6 Å². The first-order valence-corrected chi connectivity index (χ1v) is 15.2. The second-order valence-electron chi connectivity index (χ2n) is 13.1. The lowest BCUT2D eigenvalue weighted by atomic mass is 9.46. The summed E-state index contributed by atoms with van der Waals surface area (Å²) in [5.74, 6) is -2.80. The van der Waals surface area contributed by atoms with E-state index in [4.69, 9.17) is 9.47 Å². The summed E-state index contributed by atoms with van der Waals surface area (Å²) < 4.78 is 9.95. The van der Waals surface area contributed by atoms with Crippen LogP contribution in [0, 0.1) is 28.6 Å². The Bertz CT molecular complexity index is 1390. The summed E-state index contributed by atoms with van der Waals surface area (Å²) in [6, 6.07) is -0.979. The van der Waals surface area contributed by atoms with Crippen molar-refractivity contribution >= 4 is 29.4 Å². The standard InChI is InChI=1S/C32H41N3O9/c1-30-10-8-20(36)12-18(30)4-5-21-22-9-11-32(42,31(22,2)14-24(37)28(21)30)25(38)16-44-27(40)7-6-26(39)35-23(29(41)43-3)13-19-15-33-17-34-19/h8,10,12,15,17,21-24,28,37,42H,4-7,9,11,13-14,16H2,1-3H3,(H,33,34)(H,35,39)/t21-,22-,23+,24+,28+,30-,31-,32+/m0/s1. The third kappa shape index (κ3) is 5.53. The number of nitrogens with zero attached hydrogens (tertiary/aromatic N) is 1. The van der Waals surface area contributed by atoms with Crippen molar-refractivity contribution in [3.8, 4) is 0 Å². The number of carbonyl (C=O) groups is 5. The van der Waals surface area contributed by atoms with Gasteiger partial charge in [-0.3, -0.25) is 19.2 Å².